The number of benzene rings is 1. The van der Waals surface area contributed by atoms with Gasteiger partial charge in [0.2, 0.25) is 0 Å². The average Bonchev–Trinajstić information content (AvgIpc) is 3.19. The largest absolute Gasteiger partial charge is 0.481 e. The van der Waals surface area contributed by atoms with Crippen LogP contribution in [-0.2, 0) is 4.79 Å². The predicted octanol–water partition coefficient (Wildman–Crippen LogP) is 3.16. The van der Waals surface area contributed by atoms with Gasteiger partial charge in [-0.3, -0.25) is 9.59 Å². The zero-order valence-electron chi connectivity index (χ0n) is 14.5. The Morgan fingerprint density at radius 2 is 1.96 bits per heavy atom. The highest BCUT2D eigenvalue weighted by Gasteiger charge is 2.59. The Bertz CT molecular complexity index is 884. The van der Waals surface area contributed by atoms with Gasteiger partial charge in [0.15, 0.2) is 5.69 Å². The van der Waals surface area contributed by atoms with Gasteiger partial charge in [-0.15, -0.1) is 0 Å². The van der Waals surface area contributed by atoms with Gasteiger partial charge >= 0.3 is 5.97 Å². The van der Waals surface area contributed by atoms with Crippen LogP contribution in [0.1, 0.15) is 35.3 Å². The number of carbonyl (C=O) groups excluding carboxylic acids is 1. The number of amides is 1. The molecule has 6 nitrogen and oxygen atoms in total. The summed E-state index contributed by atoms with van der Waals surface area (Å²) in [4.78, 5) is 25.9. The number of likely N-dealkylation sites (tertiary alicyclic amines) is 1. The standard InChI is InChI=1S/C19H20ClN3O3/c1-12-11-23(15-5-3-2-4-14(15)20)21-16(12)17(24)22-8-6-19(7-9-22)10-13(19)18(25)26/h2-5,11,13H,6-10H2,1H3,(H,25,26). The SMILES string of the molecule is Cc1cn(-c2ccccc2Cl)nc1C(=O)N1CCC2(CC1)CC2C(=O)O. The van der Waals surface area contributed by atoms with Gasteiger partial charge in [-0.1, -0.05) is 23.7 Å². The summed E-state index contributed by atoms with van der Waals surface area (Å²) in [5, 5.41) is 14.2. The van der Waals surface area contributed by atoms with Crippen LogP contribution in [0, 0.1) is 18.3 Å². The van der Waals surface area contributed by atoms with Gasteiger partial charge < -0.3 is 10.0 Å². The number of carboxylic acids is 1. The van der Waals surface area contributed by atoms with E-state index in [0.717, 1.165) is 30.5 Å². The van der Waals surface area contributed by atoms with E-state index < -0.39 is 5.97 Å². The van der Waals surface area contributed by atoms with Gasteiger partial charge in [0.05, 0.1) is 16.6 Å². The van der Waals surface area contributed by atoms with Crippen LogP contribution in [0.15, 0.2) is 30.5 Å². The first-order chi connectivity index (χ1) is 12.4. The van der Waals surface area contributed by atoms with E-state index in [4.69, 9.17) is 11.6 Å². The summed E-state index contributed by atoms with van der Waals surface area (Å²) in [5.41, 5.74) is 1.86. The van der Waals surface area contributed by atoms with Crippen molar-refractivity contribution >= 4 is 23.5 Å². The Morgan fingerprint density at radius 1 is 1.27 bits per heavy atom. The van der Waals surface area contributed by atoms with Crippen molar-refractivity contribution in [3.8, 4) is 5.69 Å². The van der Waals surface area contributed by atoms with Crippen molar-refractivity contribution in [2.24, 2.45) is 11.3 Å². The van der Waals surface area contributed by atoms with Crippen molar-refractivity contribution in [3.05, 3.63) is 46.7 Å². The first-order valence-electron chi connectivity index (χ1n) is 8.74. The highest BCUT2D eigenvalue weighted by atomic mass is 35.5. The Balaban J connectivity index is 1.50. The number of aromatic nitrogens is 2. The van der Waals surface area contributed by atoms with E-state index in [1.54, 1.807) is 21.8 Å². The molecule has 0 bridgehead atoms. The number of para-hydroxylation sites is 1. The topological polar surface area (TPSA) is 75.4 Å². The Kier molecular flexibility index (Phi) is 4.03. The molecule has 1 aliphatic carbocycles. The molecule has 1 spiro atoms. The van der Waals surface area contributed by atoms with Crippen LogP contribution in [-0.4, -0.2) is 44.8 Å². The fourth-order valence-electron chi connectivity index (χ4n) is 3.99. The van der Waals surface area contributed by atoms with Crippen LogP contribution in [0.2, 0.25) is 5.02 Å². The molecular formula is C19H20ClN3O3. The van der Waals surface area contributed by atoms with Gasteiger partial charge in [-0.2, -0.15) is 5.10 Å². The second-order valence-corrected chi connectivity index (χ2v) is 7.71. The third kappa shape index (κ3) is 2.78. The van der Waals surface area contributed by atoms with Gasteiger partial charge in [-0.25, -0.2) is 4.68 Å². The molecule has 1 atom stereocenters. The molecule has 1 N–H and O–H groups in total. The average molecular weight is 374 g/mol. The zero-order chi connectivity index (χ0) is 18.5. The monoisotopic (exact) mass is 373 g/mol. The van der Waals surface area contributed by atoms with Gasteiger partial charge in [-0.05, 0) is 43.7 Å². The second kappa shape index (κ2) is 6.13. The number of nitrogens with zero attached hydrogens (tertiary/aromatic N) is 3. The highest BCUT2D eigenvalue weighted by molar-refractivity contribution is 6.32. The van der Waals surface area contributed by atoms with Crippen LogP contribution in [0.5, 0.6) is 0 Å². The number of hydrogen-bond acceptors (Lipinski definition) is 3. The molecule has 26 heavy (non-hydrogen) atoms. The highest BCUT2D eigenvalue weighted by Crippen LogP contribution is 2.59. The lowest BCUT2D eigenvalue weighted by Crippen LogP contribution is -2.40. The number of aryl methyl sites for hydroxylation is 1. The quantitative estimate of drug-likeness (QED) is 0.896. The molecule has 1 saturated carbocycles. The van der Waals surface area contributed by atoms with Crippen LogP contribution >= 0.6 is 11.6 Å². The Morgan fingerprint density at radius 3 is 2.58 bits per heavy atom. The summed E-state index contributed by atoms with van der Waals surface area (Å²) in [5.74, 6) is -1.05. The molecule has 1 saturated heterocycles. The molecule has 2 aromatic rings. The molecule has 136 valence electrons. The van der Waals surface area contributed by atoms with Crippen molar-refractivity contribution in [3.63, 3.8) is 0 Å². The molecular weight excluding hydrogens is 354 g/mol. The first kappa shape index (κ1) is 17.1. The molecule has 2 heterocycles. The maximum absolute atomic E-state index is 12.9. The molecule has 1 aliphatic heterocycles. The first-order valence-corrected chi connectivity index (χ1v) is 9.12. The molecule has 2 aliphatic rings. The Labute approximate surface area is 156 Å². The summed E-state index contributed by atoms with van der Waals surface area (Å²) in [6.45, 7) is 3.03. The number of piperidine rings is 1. The predicted molar refractivity (Wildman–Crippen MR) is 96.6 cm³/mol. The van der Waals surface area contributed by atoms with Gasteiger partial charge in [0, 0.05) is 24.8 Å². The summed E-state index contributed by atoms with van der Waals surface area (Å²) in [6, 6.07) is 7.36. The molecule has 0 radical (unpaired) electrons. The number of carboxylic acid groups (broad SMARTS) is 1. The van der Waals surface area contributed by atoms with Crippen molar-refractivity contribution in [1.29, 1.82) is 0 Å². The smallest absolute Gasteiger partial charge is 0.307 e. The van der Waals surface area contributed by atoms with Crippen LogP contribution < -0.4 is 0 Å². The number of aliphatic carboxylic acids is 1. The zero-order valence-corrected chi connectivity index (χ0v) is 15.2. The maximum atomic E-state index is 12.9. The second-order valence-electron chi connectivity index (χ2n) is 7.31. The van der Waals surface area contributed by atoms with Crippen molar-refractivity contribution in [2.75, 3.05) is 13.1 Å². The Hall–Kier alpha value is -2.34. The van der Waals surface area contributed by atoms with E-state index in [1.165, 1.54) is 0 Å². The third-order valence-electron chi connectivity index (χ3n) is 5.73. The number of rotatable bonds is 3. The van der Waals surface area contributed by atoms with Crippen LogP contribution in [0.25, 0.3) is 5.69 Å². The summed E-state index contributed by atoms with van der Waals surface area (Å²) >= 11 is 6.22. The minimum absolute atomic E-state index is 0.0887. The molecule has 4 rings (SSSR count). The van der Waals surface area contributed by atoms with Crippen LogP contribution in [0.3, 0.4) is 0 Å². The molecule has 2 fully saturated rings. The lowest BCUT2D eigenvalue weighted by Gasteiger charge is -2.32. The van der Waals surface area contributed by atoms with Crippen molar-refractivity contribution in [2.45, 2.75) is 26.2 Å². The molecule has 1 aromatic carbocycles. The summed E-state index contributed by atoms with van der Waals surface area (Å²) in [7, 11) is 0. The van der Waals surface area contributed by atoms with Crippen LogP contribution in [0.4, 0.5) is 0 Å². The van der Waals surface area contributed by atoms with E-state index in [1.807, 2.05) is 25.1 Å². The molecule has 1 unspecified atom stereocenters. The van der Waals surface area contributed by atoms with Crippen molar-refractivity contribution in [1.82, 2.24) is 14.7 Å². The van der Waals surface area contributed by atoms with E-state index in [2.05, 4.69) is 5.10 Å². The number of halogens is 1. The summed E-state index contributed by atoms with van der Waals surface area (Å²) in [6.07, 6.45) is 4.05. The minimum Gasteiger partial charge on any atom is -0.481 e. The fraction of sp³-hybridized carbons (Fsp3) is 0.421. The number of carbonyl (C=O) groups is 2. The molecule has 1 amide bonds. The van der Waals surface area contributed by atoms with E-state index in [0.29, 0.717) is 23.8 Å². The van der Waals surface area contributed by atoms with Gasteiger partial charge in [0.1, 0.15) is 0 Å². The third-order valence-corrected chi connectivity index (χ3v) is 6.05. The van der Waals surface area contributed by atoms with E-state index >= 15 is 0 Å². The number of hydrogen-bond donors (Lipinski definition) is 1. The summed E-state index contributed by atoms with van der Waals surface area (Å²) < 4.78 is 1.64. The normalized spacial score (nSPS) is 21.0. The molecule has 7 heteroatoms. The fourth-order valence-corrected chi connectivity index (χ4v) is 4.21. The van der Waals surface area contributed by atoms with Crippen molar-refractivity contribution < 1.29 is 14.7 Å². The maximum Gasteiger partial charge on any atom is 0.307 e. The lowest BCUT2D eigenvalue weighted by molar-refractivity contribution is -0.139. The molecule has 1 aromatic heterocycles. The van der Waals surface area contributed by atoms with E-state index in [9.17, 15) is 14.7 Å². The minimum atomic E-state index is -0.709. The lowest BCUT2D eigenvalue weighted by atomic mass is 9.90. The van der Waals surface area contributed by atoms with Gasteiger partial charge in [0.25, 0.3) is 5.91 Å². The van der Waals surface area contributed by atoms with E-state index in [-0.39, 0.29) is 17.2 Å².